The fraction of sp³-hybridized carbons (Fsp3) is 0.298. The molecule has 2 spiro atoms. The van der Waals surface area contributed by atoms with Gasteiger partial charge in [0.1, 0.15) is 0 Å². The number of nitrogens with zero attached hydrogens (tertiary/aromatic N) is 2. The maximum absolute atomic E-state index is 2.64. The number of hydrogen-bond donors (Lipinski definition) is 0. The van der Waals surface area contributed by atoms with Crippen LogP contribution in [0.25, 0.3) is 66.8 Å². The Morgan fingerprint density at radius 2 is 0.417 bits per heavy atom. The van der Waals surface area contributed by atoms with Gasteiger partial charge in [0.2, 0.25) is 0 Å². The highest BCUT2D eigenvalue weighted by Gasteiger charge is 2.56. The van der Waals surface area contributed by atoms with Crippen molar-refractivity contribution in [3.8, 4) is 66.8 Å². The number of anilines is 4. The van der Waals surface area contributed by atoms with Gasteiger partial charge in [-0.15, -0.1) is 0 Å². The molecule has 4 aliphatic carbocycles. The lowest BCUT2D eigenvalue weighted by atomic mass is 9.68. The number of fused-ring (bicyclic) bond motifs is 20. The van der Waals surface area contributed by atoms with Crippen molar-refractivity contribution in [1.82, 2.24) is 0 Å². The van der Waals surface area contributed by atoms with Crippen LogP contribution < -0.4 is 9.80 Å². The summed E-state index contributed by atoms with van der Waals surface area (Å²) in [4.78, 5) is 5.03. The van der Waals surface area contributed by atoms with Crippen molar-refractivity contribution in [2.24, 2.45) is 0 Å². The van der Waals surface area contributed by atoms with Gasteiger partial charge in [0.15, 0.2) is 0 Å². The van der Waals surface area contributed by atoms with Crippen LogP contribution in [0.1, 0.15) is 211 Å². The summed E-state index contributed by atoms with van der Waals surface area (Å²) < 4.78 is 0. The molecule has 4 aliphatic rings. The highest BCUT2D eigenvalue weighted by molar-refractivity contribution is 6.02. The van der Waals surface area contributed by atoms with Crippen LogP contribution in [0.4, 0.5) is 22.7 Å². The number of rotatable bonds is 8. The second-order valence-corrected chi connectivity index (χ2v) is 20.3. The fourth-order valence-electron chi connectivity index (χ4n) is 14.2. The molecule has 2 heteroatoms. The van der Waals surface area contributed by atoms with Gasteiger partial charge in [-0.1, -0.05) is 359 Å². The van der Waals surface area contributed by atoms with Crippen LogP contribution in [0, 0.1) is 0 Å². The van der Waals surface area contributed by atoms with Gasteiger partial charge in [-0.05, 0) is 163 Å². The first-order valence-electron chi connectivity index (χ1n) is 37.4. The molecule has 0 bridgehead atoms. The lowest BCUT2D eigenvalue weighted by molar-refractivity contribution is 0.782. The molecule has 96 heavy (non-hydrogen) atoms. The van der Waals surface area contributed by atoms with E-state index in [1.807, 2.05) is 152 Å². The minimum absolute atomic E-state index is 0.553. The van der Waals surface area contributed by atoms with E-state index in [-0.39, 0.29) is 0 Å². The Balaban J connectivity index is 0.000000815. The average molecular weight is 1280 g/mol. The lowest BCUT2D eigenvalue weighted by Gasteiger charge is -2.33. The van der Waals surface area contributed by atoms with Gasteiger partial charge >= 0.3 is 0 Å². The van der Waals surface area contributed by atoms with Gasteiger partial charge in [0.25, 0.3) is 0 Å². The molecule has 0 amide bonds. The molecular formula is C94H118N2. The van der Waals surface area contributed by atoms with Gasteiger partial charge in [-0.25, -0.2) is 0 Å². The first kappa shape index (κ1) is 79.5. The SMILES string of the molecule is CC.CC.CC.CC.CC.CC.CC.CC.CC.CC.CC.CCN(c1ccc2c(c1)C1(c3ccccc3-c3ccccc31)c1cc3c(cc1-2)C1(c2ccccc2-c2ccccc21)c1cc(N(CC)c2ccccc2-c2ccccc2)ccc1-3)c1ccccc1-c1ccccc1. The first-order valence-corrected chi connectivity index (χ1v) is 37.4. The van der Waals surface area contributed by atoms with Crippen molar-refractivity contribution >= 4 is 22.7 Å². The van der Waals surface area contributed by atoms with E-state index in [0.29, 0.717) is 0 Å². The Hall–Kier alpha value is -8.98. The van der Waals surface area contributed by atoms with Gasteiger partial charge in [0, 0.05) is 47.0 Å². The quantitative estimate of drug-likeness (QED) is 0.150. The van der Waals surface area contributed by atoms with Crippen molar-refractivity contribution in [2.75, 3.05) is 22.9 Å². The molecular weight excluding hydrogens is 1160 g/mol. The van der Waals surface area contributed by atoms with Crippen LogP contribution >= 0.6 is 0 Å². The molecule has 0 atom stereocenters. The second-order valence-electron chi connectivity index (χ2n) is 20.3. The van der Waals surface area contributed by atoms with Gasteiger partial charge in [-0.2, -0.15) is 0 Å². The Kier molecular flexibility index (Phi) is 32.9. The summed E-state index contributed by atoms with van der Waals surface area (Å²) in [7, 11) is 0. The molecule has 0 aliphatic heterocycles. The highest BCUT2D eigenvalue weighted by Crippen LogP contribution is 2.68. The van der Waals surface area contributed by atoms with E-state index < -0.39 is 10.8 Å². The third kappa shape index (κ3) is 14.0. The van der Waals surface area contributed by atoms with Crippen LogP contribution in [-0.4, -0.2) is 13.1 Å². The second kappa shape index (κ2) is 39.8. The zero-order valence-corrected chi connectivity index (χ0v) is 63.6. The monoisotopic (exact) mass is 1270 g/mol. The fourth-order valence-corrected chi connectivity index (χ4v) is 14.2. The van der Waals surface area contributed by atoms with E-state index in [1.165, 1.54) is 134 Å². The number of benzene rings is 11. The first-order chi connectivity index (χ1) is 47.6. The summed E-state index contributed by atoms with van der Waals surface area (Å²) in [6.07, 6.45) is 0. The molecule has 11 aromatic carbocycles. The summed E-state index contributed by atoms with van der Waals surface area (Å²) in [5, 5.41) is 0. The summed E-state index contributed by atoms with van der Waals surface area (Å²) >= 11 is 0. The zero-order chi connectivity index (χ0) is 71.1. The predicted octanol–water partition coefficient (Wildman–Crippen LogP) is 29.3. The van der Waals surface area contributed by atoms with Gasteiger partial charge < -0.3 is 9.80 Å². The molecule has 11 aromatic rings. The molecule has 0 saturated carbocycles. The van der Waals surface area contributed by atoms with Crippen LogP contribution in [0.15, 0.2) is 255 Å². The highest BCUT2D eigenvalue weighted by atomic mass is 15.1. The molecule has 0 unspecified atom stereocenters. The lowest BCUT2D eigenvalue weighted by Crippen LogP contribution is -2.28. The maximum atomic E-state index is 2.64. The zero-order valence-electron chi connectivity index (χ0n) is 63.6. The van der Waals surface area contributed by atoms with Crippen LogP contribution in [0.2, 0.25) is 0 Å². The molecule has 0 heterocycles. The molecule has 0 radical (unpaired) electrons. The normalized spacial score (nSPS) is 11.4. The number of para-hydroxylation sites is 2. The summed E-state index contributed by atoms with van der Waals surface area (Å²) in [5.74, 6) is 0. The molecule has 0 saturated heterocycles. The molecule has 0 fully saturated rings. The minimum atomic E-state index is -0.553. The van der Waals surface area contributed by atoms with Crippen LogP contribution in [0.3, 0.4) is 0 Å². The predicted molar refractivity (Wildman–Crippen MR) is 433 cm³/mol. The van der Waals surface area contributed by atoms with Crippen LogP contribution in [-0.2, 0) is 10.8 Å². The largest absolute Gasteiger partial charge is 0.341 e. The Morgan fingerprint density at radius 1 is 0.198 bits per heavy atom. The summed E-state index contributed by atoms with van der Waals surface area (Å²) in [6, 6.07) is 96.4. The topological polar surface area (TPSA) is 6.48 Å². The standard InChI is InChI=1S/C72H52N2.11C2H6/c1-3-73(69-37-21-15-27-51(69)47-23-7-5-8-24-47)49-39-41-57-59-45-68-60(46-67(59)71(65(57)43-49)61-33-17-11-29-53(61)54-30-12-18-34-62(54)71)58-42-40-50(74(4-2)70-38-22-16-28-52(70)48-25-9-6-10-26-48)44-66(58)72(68)63-35-19-13-31-55(63)56-32-14-20-36-64(56)72;11*1-2/h5-46H,3-4H2,1-2H3;11*1-2H3. The Bertz CT molecular complexity index is 3720. The minimum Gasteiger partial charge on any atom is -0.341 e. The van der Waals surface area contributed by atoms with Crippen molar-refractivity contribution in [1.29, 1.82) is 0 Å². The Labute approximate surface area is 585 Å². The number of hydrogen-bond acceptors (Lipinski definition) is 2. The van der Waals surface area contributed by atoms with E-state index in [0.717, 1.165) is 13.1 Å². The third-order valence-electron chi connectivity index (χ3n) is 17.1. The molecule has 0 N–H and O–H groups in total. The molecule has 504 valence electrons. The van der Waals surface area contributed by atoms with Crippen molar-refractivity contribution < 1.29 is 0 Å². The molecule has 2 nitrogen and oxygen atoms in total. The Morgan fingerprint density at radius 3 is 0.688 bits per heavy atom. The average Bonchev–Trinajstić information content (AvgIpc) is 1.49. The van der Waals surface area contributed by atoms with Gasteiger partial charge in [-0.3, -0.25) is 0 Å². The third-order valence-corrected chi connectivity index (χ3v) is 17.1. The van der Waals surface area contributed by atoms with Gasteiger partial charge in [0.05, 0.1) is 10.8 Å². The van der Waals surface area contributed by atoms with E-state index >= 15 is 0 Å². The molecule has 0 aromatic heterocycles. The van der Waals surface area contributed by atoms with E-state index in [1.54, 1.807) is 0 Å². The summed E-state index contributed by atoms with van der Waals surface area (Å²) in [6.45, 7) is 50.2. The van der Waals surface area contributed by atoms with E-state index in [9.17, 15) is 0 Å². The summed E-state index contributed by atoms with van der Waals surface area (Å²) in [5.41, 5.74) is 29.8. The van der Waals surface area contributed by atoms with Crippen molar-refractivity contribution in [2.45, 2.75) is 177 Å². The smallest absolute Gasteiger partial charge is 0.0726 e. The molecule has 15 rings (SSSR count). The van der Waals surface area contributed by atoms with Crippen LogP contribution in [0.5, 0.6) is 0 Å². The van der Waals surface area contributed by atoms with Crippen molar-refractivity contribution in [3.63, 3.8) is 0 Å². The van der Waals surface area contributed by atoms with E-state index in [2.05, 4.69) is 278 Å². The van der Waals surface area contributed by atoms with E-state index in [4.69, 9.17) is 0 Å². The maximum Gasteiger partial charge on any atom is 0.0726 e. The van der Waals surface area contributed by atoms with Crippen molar-refractivity contribution in [3.05, 3.63) is 299 Å².